The van der Waals surface area contributed by atoms with Crippen LogP contribution < -0.4 is 0 Å². The fourth-order valence-corrected chi connectivity index (χ4v) is 12.1. The molecule has 0 amide bonds. The average molecular weight is 701 g/mol. The molecule has 4 heterocycles. The number of aliphatic hydroxyl groups is 1. The third-order valence-corrected chi connectivity index (χ3v) is 13.3. The van der Waals surface area contributed by atoms with Crippen LogP contribution in [0.3, 0.4) is 0 Å². The maximum Gasteiger partial charge on any atom is 0.347 e. The van der Waals surface area contributed by atoms with Crippen molar-refractivity contribution in [3.8, 4) is 0 Å². The predicted octanol–water partition coefficient (Wildman–Crippen LogP) is 2.19. The topological polar surface area (TPSA) is 193 Å². The number of furan rings is 1. The Hall–Kier alpha value is -3.79. The molecule has 4 saturated carbocycles. The number of esters is 5. The van der Waals surface area contributed by atoms with E-state index < -0.39 is 111 Å². The average Bonchev–Trinajstić information content (AvgIpc) is 3.78. The second-order valence-corrected chi connectivity index (χ2v) is 15.6. The summed E-state index contributed by atoms with van der Waals surface area (Å²) in [5.41, 5.74) is -8.73. The summed E-state index contributed by atoms with van der Waals surface area (Å²) in [7, 11) is 1.15. The Morgan fingerprint density at radius 1 is 1.00 bits per heavy atom. The number of cyclic esters (lactones) is 1. The molecule has 270 valence electrons. The molecule has 7 aliphatic rings. The van der Waals surface area contributed by atoms with Crippen molar-refractivity contribution >= 4 is 29.8 Å². The van der Waals surface area contributed by atoms with Gasteiger partial charge in [0.25, 0.3) is 5.97 Å². The standard InChI is InChI=1S/C35H40O15/c1-15(36)44-20-12-34-31(6)24(23(28(40)42-8)45-16(2)37)29(4)14-33(31,41)22(26(29)46-17(3)38)27-35(34,50-32(7,48-27)49-34)19-11-21(39)47-25(30(19,20)5)18-9-10-43-13-18/h9-11,13,20,22-27,41H,12,14H2,1-8H3/t20-,22+,23+,24-,25-,26+,27+,29+,30-,31+,32-,33-,34-,35+/m1/s1. The van der Waals surface area contributed by atoms with E-state index in [0.717, 1.165) is 14.0 Å². The van der Waals surface area contributed by atoms with Crippen LogP contribution in [0.25, 0.3) is 0 Å². The summed E-state index contributed by atoms with van der Waals surface area (Å²) < 4.78 is 55.1. The van der Waals surface area contributed by atoms with Crippen molar-refractivity contribution in [2.24, 2.45) is 28.1 Å². The Bertz CT molecular complexity index is 1770. The second kappa shape index (κ2) is 9.75. The molecule has 15 nitrogen and oxygen atoms in total. The van der Waals surface area contributed by atoms with Crippen molar-refractivity contribution in [3.05, 3.63) is 35.8 Å². The zero-order valence-electron chi connectivity index (χ0n) is 28.9. The molecule has 1 spiro atoms. The smallest absolute Gasteiger partial charge is 0.347 e. The van der Waals surface area contributed by atoms with E-state index in [1.807, 2.05) is 0 Å². The Kier molecular flexibility index (Phi) is 6.50. The number of carbonyl (C=O) groups excluding carboxylic acids is 5. The molecule has 0 unspecified atom stereocenters. The minimum atomic E-state index is -1.84. The molecule has 4 bridgehead atoms. The molecule has 0 aromatic carbocycles. The van der Waals surface area contributed by atoms with Crippen molar-refractivity contribution in [2.75, 3.05) is 7.11 Å². The number of hydrogen-bond donors (Lipinski definition) is 1. The van der Waals surface area contributed by atoms with E-state index in [2.05, 4.69) is 0 Å². The largest absolute Gasteiger partial charge is 0.472 e. The highest BCUT2D eigenvalue weighted by Crippen LogP contribution is 2.87. The Morgan fingerprint density at radius 2 is 1.70 bits per heavy atom. The highest BCUT2D eigenvalue weighted by atomic mass is 16.9. The van der Waals surface area contributed by atoms with Crippen molar-refractivity contribution in [2.45, 2.75) is 115 Å². The number of rotatable bonds is 6. The molecule has 15 heteroatoms. The monoisotopic (exact) mass is 700 g/mol. The van der Waals surface area contributed by atoms with Crippen LogP contribution in [0.15, 0.2) is 34.7 Å². The number of ether oxygens (including phenoxy) is 8. The van der Waals surface area contributed by atoms with Crippen LogP contribution in [-0.4, -0.2) is 89.3 Å². The quantitative estimate of drug-likeness (QED) is 0.335. The summed E-state index contributed by atoms with van der Waals surface area (Å²) >= 11 is 0. The molecule has 4 aliphatic carbocycles. The maximum absolute atomic E-state index is 13.7. The molecular formula is C35H40O15. The lowest BCUT2D eigenvalue weighted by molar-refractivity contribution is -0.419. The summed E-state index contributed by atoms with van der Waals surface area (Å²) in [6.07, 6.45) is -1.99. The predicted molar refractivity (Wildman–Crippen MR) is 161 cm³/mol. The van der Waals surface area contributed by atoms with Crippen molar-refractivity contribution in [1.29, 1.82) is 0 Å². The van der Waals surface area contributed by atoms with Crippen molar-refractivity contribution in [3.63, 3.8) is 0 Å². The number of carbonyl (C=O) groups is 5. The molecule has 8 rings (SSSR count). The van der Waals surface area contributed by atoms with Crippen LogP contribution in [0.5, 0.6) is 0 Å². The van der Waals surface area contributed by atoms with Gasteiger partial charge in [0.15, 0.2) is 5.60 Å². The van der Waals surface area contributed by atoms with E-state index in [4.69, 9.17) is 42.3 Å². The van der Waals surface area contributed by atoms with Gasteiger partial charge in [0, 0.05) is 62.5 Å². The molecule has 1 N–H and O–H groups in total. The number of fused-ring (bicyclic) bond motifs is 4. The summed E-state index contributed by atoms with van der Waals surface area (Å²) in [5, 5.41) is 13.3. The SMILES string of the molecule is COC(=O)[C@@H](OC(C)=O)[C@@H]1[C@]2(C)C[C@@]3(O)[C@@H]([C@@H]2OC(C)=O)[C@@H]2O[C@]4(C)O[C@]5(C[C@@H](OC(C)=O)[C@@]6(C)C(=CC(=O)O[C@@H]6c6ccoc6)[C@]25O4)[C@@]13C. The van der Waals surface area contributed by atoms with Crippen molar-refractivity contribution < 1.29 is 71.4 Å². The first-order valence-corrected chi connectivity index (χ1v) is 16.6. The summed E-state index contributed by atoms with van der Waals surface area (Å²) in [4.78, 5) is 65.9. The summed E-state index contributed by atoms with van der Waals surface area (Å²) in [6.45, 7) is 10.5. The first kappa shape index (κ1) is 33.4. The normalized spacial score (nSPS) is 49.2. The van der Waals surface area contributed by atoms with Gasteiger partial charge in [-0.2, -0.15) is 0 Å². The maximum atomic E-state index is 13.7. The van der Waals surface area contributed by atoms with E-state index in [0.29, 0.717) is 11.1 Å². The van der Waals surface area contributed by atoms with Crippen LogP contribution in [0, 0.1) is 28.1 Å². The molecule has 1 aromatic rings. The zero-order valence-corrected chi connectivity index (χ0v) is 28.9. The van der Waals surface area contributed by atoms with Gasteiger partial charge in [-0.05, 0) is 25.0 Å². The lowest BCUT2D eigenvalue weighted by atomic mass is 9.35. The summed E-state index contributed by atoms with van der Waals surface area (Å²) in [6, 6.07) is 1.64. The lowest BCUT2D eigenvalue weighted by Crippen LogP contribution is -2.88. The fraction of sp³-hybridized carbons (Fsp3) is 0.686. The first-order valence-electron chi connectivity index (χ1n) is 16.6. The highest BCUT2D eigenvalue weighted by Gasteiger charge is 2.99. The van der Waals surface area contributed by atoms with Crippen molar-refractivity contribution in [1.82, 2.24) is 0 Å². The first-order chi connectivity index (χ1) is 23.3. The van der Waals surface area contributed by atoms with Gasteiger partial charge in [-0.1, -0.05) is 13.8 Å². The van der Waals surface area contributed by atoms with Gasteiger partial charge in [-0.15, -0.1) is 0 Å². The minimum Gasteiger partial charge on any atom is -0.472 e. The number of methoxy groups -OCH3 is 1. The lowest BCUT2D eigenvalue weighted by Gasteiger charge is -2.74. The van der Waals surface area contributed by atoms with E-state index >= 15 is 0 Å². The molecular weight excluding hydrogens is 660 g/mol. The highest BCUT2D eigenvalue weighted by molar-refractivity contribution is 5.86. The summed E-state index contributed by atoms with van der Waals surface area (Å²) in [5.74, 6) is -7.67. The van der Waals surface area contributed by atoms with Crippen LogP contribution in [0.4, 0.5) is 0 Å². The van der Waals surface area contributed by atoms with Gasteiger partial charge >= 0.3 is 29.8 Å². The molecule has 0 radical (unpaired) electrons. The Labute approximate surface area is 286 Å². The van der Waals surface area contributed by atoms with E-state index in [-0.39, 0.29) is 12.8 Å². The van der Waals surface area contributed by atoms with Gasteiger partial charge in [0.05, 0.1) is 36.6 Å². The van der Waals surface area contributed by atoms with Gasteiger partial charge in [-0.3, -0.25) is 14.4 Å². The van der Waals surface area contributed by atoms with Gasteiger partial charge in [0.1, 0.15) is 30.0 Å². The second-order valence-electron chi connectivity index (χ2n) is 15.6. The van der Waals surface area contributed by atoms with Crippen LogP contribution >= 0.6 is 0 Å². The number of hydrogen-bond acceptors (Lipinski definition) is 15. The van der Waals surface area contributed by atoms with E-state index in [1.165, 1.54) is 32.4 Å². The van der Waals surface area contributed by atoms with Gasteiger partial charge in [0.2, 0.25) is 6.10 Å². The Balaban J connectivity index is 1.47. The van der Waals surface area contributed by atoms with Gasteiger partial charge in [-0.25, -0.2) is 9.59 Å². The molecule has 2 saturated heterocycles. The molecule has 3 aliphatic heterocycles. The van der Waals surface area contributed by atoms with E-state index in [1.54, 1.807) is 33.8 Å². The molecule has 50 heavy (non-hydrogen) atoms. The molecule has 1 aromatic heterocycles. The fourth-order valence-electron chi connectivity index (χ4n) is 12.1. The van der Waals surface area contributed by atoms with E-state index in [9.17, 15) is 29.1 Å². The third-order valence-electron chi connectivity index (χ3n) is 13.3. The molecule has 14 atom stereocenters. The van der Waals surface area contributed by atoms with Gasteiger partial charge < -0.3 is 47.4 Å². The third kappa shape index (κ3) is 3.47. The van der Waals surface area contributed by atoms with Crippen LogP contribution in [0.2, 0.25) is 0 Å². The zero-order chi connectivity index (χ0) is 36.2. The minimum absolute atomic E-state index is 0.0372. The van der Waals surface area contributed by atoms with Crippen LogP contribution in [0.1, 0.15) is 73.0 Å². The Morgan fingerprint density at radius 3 is 2.30 bits per heavy atom. The molecule has 6 fully saturated rings. The van der Waals surface area contributed by atoms with Crippen LogP contribution in [-0.2, 0) is 61.9 Å².